The maximum Gasteiger partial charge on any atom is 0.266 e. The predicted octanol–water partition coefficient (Wildman–Crippen LogP) is 4.39. The number of hydrogen-bond acceptors (Lipinski definition) is 4. The monoisotopic (exact) mass is 404 g/mol. The number of para-hydroxylation sites is 1. The number of fused-ring (bicyclic) bond motifs is 1. The van der Waals surface area contributed by atoms with Crippen LogP contribution in [-0.4, -0.2) is 17.9 Å². The quantitative estimate of drug-likeness (QED) is 0.607. The molecule has 5 rings (SSSR count). The lowest BCUT2D eigenvalue weighted by Crippen LogP contribution is -2.37. The first-order valence-corrected chi connectivity index (χ1v) is 9.72. The fourth-order valence-electron chi connectivity index (χ4n) is 4.05. The van der Waals surface area contributed by atoms with Crippen molar-refractivity contribution < 1.29 is 14.4 Å². The van der Waals surface area contributed by atoms with Crippen LogP contribution in [0.15, 0.2) is 84.9 Å². The van der Waals surface area contributed by atoms with Gasteiger partial charge in [0.1, 0.15) is 5.92 Å². The summed E-state index contributed by atoms with van der Waals surface area (Å²) in [5, 5.41) is 2.24. The zero-order chi connectivity index (χ0) is 20.0. The fraction of sp³-hybridized carbons (Fsp3) is 0.130. The number of halogens is 1. The largest absolute Gasteiger partial charge is 0.273 e. The molecule has 0 bridgehead atoms. The van der Waals surface area contributed by atoms with E-state index in [4.69, 9.17) is 16.4 Å². The minimum Gasteiger partial charge on any atom is -0.273 e. The number of carbonyl (C=O) groups is 2. The van der Waals surface area contributed by atoms with Gasteiger partial charge in [-0.25, -0.2) is 9.96 Å². The van der Waals surface area contributed by atoms with E-state index in [0.717, 1.165) is 11.3 Å². The number of rotatable bonds is 3. The third-order valence-electron chi connectivity index (χ3n) is 5.35. The standard InChI is InChI=1S/C23H17ClN2O3/c24-16-11-13-17(14-12-16)25-22(27)19-20(15-7-3-1-4-8-15)26(29-21(19)23(25)28)18-9-5-2-6-10-18/h1-14,19-21H/t19-,20-,21-/m0/s1. The summed E-state index contributed by atoms with van der Waals surface area (Å²) in [5.74, 6) is -1.27. The molecule has 2 fully saturated rings. The van der Waals surface area contributed by atoms with Crippen LogP contribution >= 0.6 is 11.6 Å². The summed E-state index contributed by atoms with van der Waals surface area (Å²) in [7, 11) is 0. The third kappa shape index (κ3) is 2.90. The molecule has 2 amide bonds. The number of carbonyl (C=O) groups excluding carboxylic acids is 2. The Balaban J connectivity index is 1.58. The van der Waals surface area contributed by atoms with Crippen molar-refractivity contribution >= 4 is 34.8 Å². The van der Waals surface area contributed by atoms with Crippen LogP contribution in [0.25, 0.3) is 0 Å². The molecule has 5 nitrogen and oxygen atoms in total. The lowest BCUT2D eigenvalue weighted by Gasteiger charge is -2.28. The van der Waals surface area contributed by atoms with Gasteiger partial charge in [-0.3, -0.25) is 14.4 Å². The molecular formula is C23H17ClN2O3. The normalized spacial score (nSPS) is 23.6. The Morgan fingerprint density at radius 2 is 1.34 bits per heavy atom. The van der Waals surface area contributed by atoms with Crippen molar-refractivity contribution in [2.75, 3.05) is 9.96 Å². The van der Waals surface area contributed by atoms with E-state index in [9.17, 15) is 9.59 Å². The van der Waals surface area contributed by atoms with Gasteiger partial charge in [0.25, 0.3) is 5.91 Å². The van der Waals surface area contributed by atoms with Crippen LogP contribution in [0.4, 0.5) is 11.4 Å². The van der Waals surface area contributed by atoms with Gasteiger partial charge in [-0.2, -0.15) is 0 Å². The lowest BCUT2D eigenvalue weighted by molar-refractivity contribution is -0.126. The minimum atomic E-state index is -0.872. The average Bonchev–Trinajstić information content (AvgIpc) is 3.27. The molecule has 6 heteroatoms. The molecule has 2 saturated heterocycles. The number of amides is 2. The molecule has 3 atom stereocenters. The Labute approximate surface area is 173 Å². The minimum absolute atomic E-state index is 0.269. The summed E-state index contributed by atoms with van der Waals surface area (Å²) in [6.07, 6.45) is -0.872. The molecular weight excluding hydrogens is 388 g/mol. The molecule has 3 aromatic rings. The molecule has 0 aromatic heterocycles. The zero-order valence-corrected chi connectivity index (χ0v) is 16.1. The summed E-state index contributed by atoms with van der Waals surface area (Å²) >= 11 is 5.96. The van der Waals surface area contributed by atoms with E-state index < -0.39 is 18.1 Å². The second-order valence-electron chi connectivity index (χ2n) is 7.06. The van der Waals surface area contributed by atoms with E-state index in [-0.39, 0.29) is 11.8 Å². The van der Waals surface area contributed by atoms with Crippen LogP contribution < -0.4 is 9.96 Å². The summed E-state index contributed by atoms with van der Waals surface area (Å²) in [4.78, 5) is 33.9. The number of hydrogen-bond donors (Lipinski definition) is 0. The maximum atomic E-state index is 13.4. The molecule has 2 heterocycles. The molecule has 3 aromatic carbocycles. The highest BCUT2D eigenvalue weighted by Gasteiger charge is 2.60. The van der Waals surface area contributed by atoms with Crippen molar-refractivity contribution in [2.45, 2.75) is 12.1 Å². The number of hydroxylamine groups is 1. The molecule has 0 spiro atoms. The van der Waals surface area contributed by atoms with Gasteiger partial charge in [-0.05, 0) is 42.0 Å². The second-order valence-corrected chi connectivity index (χ2v) is 7.49. The number of nitrogens with zero attached hydrogens (tertiary/aromatic N) is 2. The van der Waals surface area contributed by atoms with Gasteiger partial charge in [0.2, 0.25) is 5.91 Å². The van der Waals surface area contributed by atoms with Crippen LogP contribution in [0.5, 0.6) is 0 Å². The highest BCUT2D eigenvalue weighted by Crippen LogP contribution is 2.47. The van der Waals surface area contributed by atoms with Crippen molar-refractivity contribution in [1.82, 2.24) is 0 Å². The van der Waals surface area contributed by atoms with Gasteiger partial charge in [-0.1, -0.05) is 60.1 Å². The van der Waals surface area contributed by atoms with E-state index in [1.165, 1.54) is 4.90 Å². The highest BCUT2D eigenvalue weighted by atomic mass is 35.5. The average molecular weight is 405 g/mol. The molecule has 0 aliphatic carbocycles. The topological polar surface area (TPSA) is 49.9 Å². The molecule has 0 radical (unpaired) electrons. The van der Waals surface area contributed by atoms with E-state index >= 15 is 0 Å². The Bertz CT molecular complexity index is 1060. The molecule has 0 saturated carbocycles. The Hall–Kier alpha value is -3.15. The molecule has 0 unspecified atom stereocenters. The summed E-state index contributed by atoms with van der Waals surface area (Å²) in [6, 6.07) is 25.5. The molecule has 0 N–H and O–H groups in total. The fourth-order valence-corrected chi connectivity index (χ4v) is 4.17. The Morgan fingerprint density at radius 1 is 0.724 bits per heavy atom. The molecule has 144 valence electrons. The van der Waals surface area contributed by atoms with Crippen molar-refractivity contribution in [3.8, 4) is 0 Å². The highest BCUT2D eigenvalue weighted by molar-refractivity contribution is 6.31. The smallest absolute Gasteiger partial charge is 0.266 e. The van der Waals surface area contributed by atoms with E-state index in [1.807, 2.05) is 60.7 Å². The zero-order valence-electron chi connectivity index (χ0n) is 15.3. The first-order valence-electron chi connectivity index (χ1n) is 9.34. The van der Waals surface area contributed by atoms with E-state index in [1.54, 1.807) is 29.3 Å². The summed E-state index contributed by atoms with van der Waals surface area (Å²) < 4.78 is 0. The van der Waals surface area contributed by atoms with Crippen LogP contribution in [0, 0.1) is 5.92 Å². The number of imide groups is 1. The van der Waals surface area contributed by atoms with E-state index in [2.05, 4.69) is 0 Å². The van der Waals surface area contributed by atoms with E-state index in [0.29, 0.717) is 10.7 Å². The van der Waals surface area contributed by atoms with Gasteiger partial charge in [0.15, 0.2) is 6.10 Å². The number of anilines is 2. The molecule has 29 heavy (non-hydrogen) atoms. The van der Waals surface area contributed by atoms with Crippen molar-refractivity contribution in [3.05, 3.63) is 95.5 Å². The maximum absolute atomic E-state index is 13.4. The number of benzene rings is 3. The van der Waals surface area contributed by atoms with Crippen molar-refractivity contribution in [3.63, 3.8) is 0 Å². The molecule has 2 aliphatic heterocycles. The van der Waals surface area contributed by atoms with Gasteiger partial charge in [0, 0.05) is 5.02 Å². The first kappa shape index (κ1) is 17.9. The van der Waals surface area contributed by atoms with Gasteiger partial charge >= 0.3 is 0 Å². The summed E-state index contributed by atoms with van der Waals surface area (Å²) in [5.41, 5.74) is 2.22. The predicted molar refractivity (Wildman–Crippen MR) is 110 cm³/mol. The SMILES string of the molecule is O=C1[C@@H]2[C@H](ON(c3ccccc3)[C@H]2c2ccccc2)C(=O)N1c1ccc(Cl)cc1. The Kier molecular flexibility index (Phi) is 4.34. The van der Waals surface area contributed by atoms with Crippen LogP contribution in [0.2, 0.25) is 5.02 Å². The van der Waals surface area contributed by atoms with Crippen LogP contribution in [0.1, 0.15) is 11.6 Å². The van der Waals surface area contributed by atoms with Crippen molar-refractivity contribution in [2.24, 2.45) is 5.92 Å². The van der Waals surface area contributed by atoms with Crippen molar-refractivity contribution in [1.29, 1.82) is 0 Å². The second kappa shape index (κ2) is 7.03. The third-order valence-corrected chi connectivity index (χ3v) is 5.60. The van der Waals surface area contributed by atoms with Crippen LogP contribution in [-0.2, 0) is 14.4 Å². The van der Waals surface area contributed by atoms with Gasteiger partial charge in [-0.15, -0.1) is 0 Å². The summed E-state index contributed by atoms with van der Waals surface area (Å²) in [6.45, 7) is 0. The first-order chi connectivity index (χ1) is 14.1. The van der Waals surface area contributed by atoms with Gasteiger partial charge < -0.3 is 0 Å². The lowest BCUT2D eigenvalue weighted by atomic mass is 9.90. The Morgan fingerprint density at radius 3 is 2.00 bits per heavy atom. The molecule has 2 aliphatic rings. The van der Waals surface area contributed by atoms with Gasteiger partial charge in [0.05, 0.1) is 17.4 Å². The van der Waals surface area contributed by atoms with Crippen LogP contribution in [0.3, 0.4) is 0 Å².